The van der Waals surface area contributed by atoms with Crippen LogP contribution in [0.2, 0.25) is 0 Å². The SMILES string of the molecule is NCc1cccc(-n2nc(C(F)(F)F)cc2C(=O)Nc2ccc(C3CC3)cc2F)c1. The van der Waals surface area contributed by atoms with Gasteiger partial charge in [-0.05, 0) is 54.2 Å². The smallest absolute Gasteiger partial charge is 0.326 e. The molecule has 4 rings (SSSR count). The number of rotatable bonds is 5. The first kappa shape index (κ1) is 20.1. The highest BCUT2D eigenvalue weighted by atomic mass is 19.4. The number of nitrogens with zero attached hydrogens (tertiary/aromatic N) is 2. The molecule has 3 aromatic rings. The van der Waals surface area contributed by atoms with Crippen molar-refractivity contribution in [2.24, 2.45) is 5.73 Å². The fraction of sp³-hybridized carbons (Fsp3) is 0.238. The van der Waals surface area contributed by atoms with Crippen molar-refractivity contribution in [1.29, 1.82) is 0 Å². The average molecular weight is 418 g/mol. The van der Waals surface area contributed by atoms with E-state index in [1.54, 1.807) is 18.2 Å². The van der Waals surface area contributed by atoms with Gasteiger partial charge in [-0.1, -0.05) is 18.2 Å². The lowest BCUT2D eigenvalue weighted by Crippen LogP contribution is -2.18. The number of nitrogens with one attached hydrogen (secondary N) is 1. The van der Waals surface area contributed by atoms with Crippen LogP contribution in [0.3, 0.4) is 0 Å². The van der Waals surface area contributed by atoms with E-state index in [4.69, 9.17) is 5.73 Å². The minimum absolute atomic E-state index is 0.110. The number of amides is 1. The molecule has 1 aliphatic carbocycles. The van der Waals surface area contributed by atoms with E-state index < -0.39 is 23.6 Å². The van der Waals surface area contributed by atoms with E-state index in [0.29, 0.717) is 17.5 Å². The van der Waals surface area contributed by atoms with Gasteiger partial charge in [0.25, 0.3) is 5.91 Å². The molecule has 9 heteroatoms. The van der Waals surface area contributed by atoms with Gasteiger partial charge < -0.3 is 11.1 Å². The zero-order valence-corrected chi connectivity index (χ0v) is 15.7. The molecule has 0 atom stereocenters. The molecule has 0 aliphatic heterocycles. The normalized spacial score (nSPS) is 14.0. The molecule has 1 heterocycles. The molecule has 2 aromatic carbocycles. The van der Waals surface area contributed by atoms with Gasteiger partial charge >= 0.3 is 6.18 Å². The summed E-state index contributed by atoms with van der Waals surface area (Å²) in [7, 11) is 0. The highest BCUT2D eigenvalue weighted by molar-refractivity contribution is 6.03. The minimum Gasteiger partial charge on any atom is -0.326 e. The molecular weight excluding hydrogens is 400 g/mol. The molecule has 5 nitrogen and oxygen atoms in total. The third kappa shape index (κ3) is 4.06. The second-order valence-electron chi connectivity index (χ2n) is 7.17. The van der Waals surface area contributed by atoms with Crippen molar-refractivity contribution < 1.29 is 22.4 Å². The monoisotopic (exact) mass is 418 g/mol. The summed E-state index contributed by atoms with van der Waals surface area (Å²) in [4.78, 5) is 12.8. The maximum atomic E-state index is 14.4. The summed E-state index contributed by atoms with van der Waals surface area (Å²) in [5.41, 5.74) is 5.62. The molecule has 1 saturated carbocycles. The number of hydrogen-bond donors (Lipinski definition) is 2. The Kier molecular flexibility index (Phi) is 5.07. The van der Waals surface area contributed by atoms with Crippen molar-refractivity contribution in [3.05, 3.63) is 76.9 Å². The van der Waals surface area contributed by atoms with Crippen molar-refractivity contribution in [2.45, 2.75) is 31.5 Å². The van der Waals surface area contributed by atoms with Gasteiger partial charge in [-0.2, -0.15) is 18.3 Å². The topological polar surface area (TPSA) is 72.9 Å². The third-order valence-electron chi connectivity index (χ3n) is 4.91. The number of anilines is 1. The quantitative estimate of drug-likeness (QED) is 0.594. The predicted octanol–water partition coefficient (Wildman–Crippen LogP) is 4.62. The van der Waals surface area contributed by atoms with E-state index in [0.717, 1.165) is 23.1 Å². The standard InChI is InChI=1S/C21H18F4N4O/c22-16-9-14(13-4-5-13)6-7-17(16)27-20(30)18-10-19(21(23,24)25)28-29(18)15-3-1-2-12(8-15)11-26/h1-3,6-10,13H,4-5,11,26H2,(H,27,30). The Labute approximate surface area is 169 Å². The zero-order chi connectivity index (χ0) is 21.5. The lowest BCUT2D eigenvalue weighted by atomic mass is 10.1. The number of halogens is 4. The molecule has 0 unspecified atom stereocenters. The van der Waals surface area contributed by atoms with Crippen LogP contribution in [-0.4, -0.2) is 15.7 Å². The lowest BCUT2D eigenvalue weighted by Gasteiger charge is -2.11. The minimum atomic E-state index is -4.75. The Bertz CT molecular complexity index is 1100. The van der Waals surface area contributed by atoms with Crippen molar-refractivity contribution >= 4 is 11.6 Å². The Morgan fingerprint density at radius 2 is 1.93 bits per heavy atom. The number of carbonyl (C=O) groups excluding carboxylic acids is 1. The van der Waals surface area contributed by atoms with Gasteiger partial charge in [-0.3, -0.25) is 4.79 Å². The van der Waals surface area contributed by atoms with Gasteiger partial charge in [0.15, 0.2) is 5.69 Å². The summed E-state index contributed by atoms with van der Waals surface area (Å²) in [6, 6.07) is 11.5. The van der Waals surface area contributed by atoms with Gasteiger partial charge in [0, 0.05) is 12.6 Å². The maximum Gasteiger partial charge on any atom is 0.435 e. The second-order valence-corrected chi connectivity index (χ2v) is 7.17. The molecular formula is C21H18F4N4O. The average Bonchev–Trinajstić information content (AvgIpc) is 3.45. The number of alkyl halides is 3. The maximum absolute atomic E-state index is 14.4. The Hall–Kier alpha value is -3.20. The van der Waals surface area contributed by atoms with Gasteiger partial charge in [-0.25, -0.2) is 9.07 Å². The molecule has 156 valence electrons. The summed E-state index contributed by atoms with van der Waals surface area (Å²) in [6.45, 7) is 0.168. The van der Waals surface area contributed by atoms with Crippen LogP contribution in [0.25, 0.3) is 5.69 Å². The number of nitrogens with two attached hydrogens (primary N) is 1. The lowest BCUT2D eigenvalue weighted by molar-refractivity contribution is -0.141. The van der Waals surface area contributed by atoms with E-state index in [1.165, 1.54) is 24.3 Å². The Morgan fingerprint density at radius 1 is 1.17 bits per heavy atom. The van der Waals surface area contributed by atoms with Crippen LogP contribution in [0.5, 0.6) is 0 Å². The summed E-state index contributed by atoms with van der Waals surface area (Å²) < 4.78 is 55.0. The van der Waals surface area contributed by atoms with Crippen LogP contribution in [0.4, 0.5) is 23.2 Å². The first-order valence-electron chi connectivity index (χ1n) is 9.33. The number of hydrogen-bond acceptors (Lipinski definition) is 3. The molecule has 0 radical (unpaired) electrons. The van der Waals surface area contributed by atoms with Gasteiger partial charge in [0.1, 0.15) is 11.5 Å². The molecule has 1 aromatic heterocycles. The van der Waals surface area contributed by atoms with E-state index >= 15 is 0 Å². The van der Waals surface area contributed by atoms with Crippen molar-refractivity contribution in [2.75, 3.05) is 5.32 Å². The van der Waals surface area contributed by atoms with Crippen molar-refractivity contribution in [1.82, 2.24) is 9.78 Å². The highest BCUT2D eigenvalue weighted by Gasteiger charge is 2.36. The molecule has 1 aliphatic rings. The summed E-state index contributed by atoms with van der Waals surface area (Å²) in [5, 5.41) is 5.90. The molecule has 3 N–H and O–H groups in total. The zero-order valence-electron chi connectivity index (χ0n) is 15.7. The Balaban J connectivity index is 1.69. The largest absolute Gasteiger partial charge is 0.435 e. The van der Waals surface area contributed by atoms with Gasteiger partial charge in [0.05, 0.1) is 11.4 Å². The first-order valence-corrected chi connectivity index (χ1v) is 9.33. The number of benzene rings is 2. The molecule has 1 fully saturated rings. The van der Waals surface area contributed by atoms with E-state index in [2.05, 4.69) is 10.4 Å². The molecule has 0 saturated heterocycles. The predicted molar refractivity (Wildman–Crippen MR) is 103 cm³/mol. The van der Waals surface area contributed by atoms with Crippen LogP contribution in [0, 0.1) is 5.82 Å². The van der Waals surface area contributed by atoms with Crippen LogP contribution < -0.4 is 11.1 Å². The Morgan fingerprint density at radius 3 is 2.57 bits per heavy atom. The number of carbonyl (C=O) groups is 1. The van der Waals surface area contributed by atoms with Crippen LogP contribution in [0.15, 0.2) is 48.5 Å². The van der Waals surface area contributed by atoms with Crippen molar-refractivity contribution in [3.63, 3.8) is 0 Å². The third-order valence-corrected chi connectivity index (χ3v) is 4.91. The van der Waals surface area contributed by atoms with Crippen LogP contribution in [0.1, 0.15) is 46.1 Å². The molecule has 1 amide bonds. The van der Waals surface area contributed by atoms with E-state index in [9.17, 15) is 22.4 Å². The van der Waals surface area contributed by atoms with Crippen molar-refractivity contribution in [3.8, 4) is 5.69 Å². The molecule has 0 bridgehead atoms. The molecule has 30 heavy (non-hydrogen) atoms. The van der Waals surface area contributed by atoms with Gasteiger partial charge in [0.2, 0.25) is 0 Å². The fourth-order valence-corrected chi connectivity index (χ4v) is 3.18. The fourth-order valence-electron chi connectivity index (χ4n) is 3.18. The van der Waals surface area contributed by atoms with E-state index in [1.807, 2.05) is 0 Å². The summed E-state index contributed by atoms with van der Waals surface area (Å²) >= 11 is 0. The van der Waals surface area contributed by atoms with Gasteiger partial charge in [-0.15, -0.1) is 0 Å². The van der Waals surface area contributed by atoms with Crippen LogP contribution in [-0.2, 0) is 12.7 Å². The van der Waals surface area contributed by atoms with E-state index in [-0.39, 0.29) is 23.6 Å². The summed E-state index contributed by atoms with van der Waals surface area (Å²) in [6.07, 6.45) is -2.76. The van der Waals surface area contributed by atoms with Crippen LogP contribution >= 0.6 is 0 Å². The second kappa shape index (κ2) is 7.56. The molecule has 0 spiro atoms. The first-order chi connectivity index (χ1) is 14.3. The number of aromatic nitrogens is 2. The summed E-state index contributed by atoms with van der Waals surface area (Å²) in [5.74, 6) is -1.22. The highest BCUT2D eigenvalue weighted by Crippen LogP contribution is 2.40.